The number of benzene rings is 1. The Labute approximate surface area is 166 Å². The lowest BCUT2D eigenvalue weighted by atomic mass is 10.0. The zero-order chi connectivity index (χ0) is 19.4. The van der Waals surface area contributed by atoms with Crippen molar-refractivity contribution in [2.75, 3.05) is 25.5 Å². The number of carbonyl (C=O) groups is 1. The molecule has 1 saturated heterocycles. The van der Waals surface area contributed by atoms with Crippen molar-refractivity contribution in [2.24, 2.45) is 0 Å². The molecule has 1 atom stereocenters. The minimum absolute atomic E-state index is 0.130. The van der Waals surface area contributed by atoms with Crippen LogP contribution in [0, 0.1) is 6.92 Å². The van der Waals surface area contributed by atoms with Crippen LogP contribution >= 0.6 is 15.9 Å². The fourth-order valence-corrected chi connectivity index (χ4v) is 3.54. The number of amides is 1. The molecule has 144 valence electrons. The highest BCUT2D eigenvalue weighted by Gasteiger charge is 2.20. The zero-order valence-corrected chi connectivity index (χ0v) is 17.0. The first-order valence-corrected chi connectivity index (χ1v) is 9.75. The Morgan fingerprint density at radius 2 is 2.26 bits per heavy atom. The highest BCUT2D eigenvalue weighted by atomic mass is 79.9. The number of aromatic nitrogens is 2. The van der Waals surface area contributed by atoms with Crippen LogP contribution in [0.3, 0.4) is 0 Å². The van der Waals surface area contributed by atoms with Gasteiger partial charge in [0.05, 0.1) is 27.5 Å². The Bertz CT molecular complexity index is 838. The van der Waals surface area contributed by atoms with E-state index in [0.29, 0.717) is 35.9 Å². The van der Waals surface area contributed by atoms with Crippen LogP contribution in [0.25, 0.3) is 11.3 Å². The summed E-state index contributed by atoms with van der Waals surface area (Å²) in [5.41, 5.74) is 8.04. The molecular weight excluding hydrogens is 412 g/mol. The summed E-state index contributed by atoms with van der Waals surface area (Å²) in [4.78, 5) is 20.9. The average molecular weight is 435 g/mol. The molecule has 1 aromatic heterocycles. The molecule has 1 aliphatic rings. The summed E-state index contributed by atoms with van der Waals surface area (Å²) in [5, 5.41) is 2.80. The van der Waals surface area contributed by atoms with Crippen molar-refractivity contribution in [3.8, 4) is 17.0 Å². The van der Waals surface area contributed by atoms with Crippen molar-refractivity contribution in [1.82, 2.24) is 15.3 Å². The quantitative estimate of drug-likeness (QED) is 0.724. The minimum Gasteiger partial charge on any atom is -0.490 e. The molecule has 3 rings (SSSR count). The summed E-state index contributed by atoms with van der Waals surface area (Å²) >= 11 is 3.54. The summed E-state index contributed by atoms with van der Waals surface area (Å²) in [7, 11) is 0. The molecular formula is C19H23BrN4O3. The SMILES string of the molecule is CCNC(=O)c1c(C)nc(N)nc1-c1ccc(OCC2CCCO2)c(Br)c1. The zero-order valence-electron chi connectivity index (χ0n) is 15.4. The van der Waals surface area contributed by atoms with Crippen molar-refractivity contribution in [1.29, 1.82) is 0 Å². The lowest BCUT2D eigenvalue weighted by Gasteiger charge is -2.15. The molecule has 0 radical (unpaired) electrons. The predicted molar refractivity (Wildman–Crippen MR) is 107 cm³/mol. The minimum atomic E-state index is -0.222. The Morgan fingerprint density at radius 1 is 1.44 bits per heavy atom. The lowest BCUT2D eigenvalue weighted by molar-refractivity contribution is 0.0677. The number of hydrogen-bond donors (Lipinski definition) is 2. The Kier molecular flexibility index (Phi) is 6.28. The molecule has 2 aromatic rings. The Hall–Kier alpha value is -2.19. The average Bonchev–Trinajstić information content (AvgIpc) is 3.13. The van der Waals surface area contributed by atoms with E-state index in [1.165, 1.54) is 0 Å². The molecule has 1 amide bonds. The second-order valence-corrected chi connectivity index (χ2v) is 7.20. The maximum atomic E-state index is 12.5. The first kappa shape index (κ1) is 19.6. The van der Waals surface area contributed by atoms with Crippen LogP contribution in [0.2, 0.25) is 0 Å². The maximum absolute atomic E-state index is 12.5. The molecule has 3 N–H and O–H groups in total. The number of aryl methyl sites for hydroxylation is 1. The molecule has 1 unspecified atom stereocenters. The third-order valence-electron chi connectivity index (χ3n) is 4.33. The lowest BCUT2D eigenvalue weighted by Crippen LogP contribution is -2.25. The monoisotopic (exact) mass is 434 g/mol. The van der Waals surface area contributed by atoms with E-state index >= 15 is 0 Å². The number of halogens is 1. The van der Waals surface area contributed by atoms with Gasteiger partial charge in [0.25, 0.3) is 5.91 Å². The van der Waals surface area contributed by atoms with Crippen molar-refractivity contribution in [2.45, 2.75) is 32.8 Å². The molecule has 1 aliphatic heterocycles. The topological polar surface area (TPSA) is 99.4 Å². The van der Waals surface area contributed by atoms with Crippen molar-refractivity contribution >= 4 is 27.8 Å². The van der Waals surface area contributed by atoms with Crippen LogP contribution in [0.4, 0.5) is 5.95 Å². The van der Waals surface area contributed by atoms with Gasteiger partial charge in [-0.05, 0) is 60.8 Å². The predicted octanol–water partition coefficient (Wildman–Crippen LogP) is 3.10. The summed E-state index contributed by atoms with van der Waals surface area (Å²) in [6.45, 7) is 5.44. The van der Waals surface area contributed by atoms with Gasteiger partial charge < -0.3 is 20.5 Å². The summed E-state index contributed by atoms with van der Waals surface area (Å²) in [5.74, 6) is 0.623. The van der Waals surface area contributed by atoms with E-state index in [4.69, 9.17) is 15.2 Å². The van der Waals surface area contributed by atoms with Gasteiger partial charge in [-0.2, -0.15) is 0 Å². The first-order valence-electron chi connectivity index (χ1n) is 8.96. The summed E-state index contributed by atoms with van der Waals surface area (Å²) in [6, 6.07) is 5.58. The molecule has 0 bridgehead atoms. The van der Waals surface area contributed by atoms with Gasteiger partial charge in [0.15, 0.2) is 0 Å². The van der Waals surface area contributed by atoms with Gasteiger partial charge in [-0.25, -0.2) is 9.97 Å². The van der Waals surface area contributed by atoms with E-state index in [2.05, 4.69) is 31.2 Å². The van der Waals surface area contributed by atoms with Gasteiger partial charge in [0.2, 0.25) is 5.95 Å². The number of rotatable bonds is 6. The van der Waals surface area contributed by atoms with Crippen LogP contribution in [0.1, 0.15) is 35.8 Å². The number of nitrogen functional groups attached to an aromatic ring is 1. The van der Waals surface area contributed by atoms with Crippen LogP contribution in [-0.4, -0.2) is 41.7 Å². The van der Waals surface area contributed by atoms with Gasteiger partial charge >= 0.3 is 0 Å². The van der Waals surface area contributed by atoms with E-state index in [0.717, 1.165) is 29.5 Å². The number of nitrogens with zero attached hydrogens (tertiary/aromatic N) is 2. The van der Waals surface area contributed by atoms with Crippen LogP contribution in [-0.2, 0) is 4.74 Å². The van der Waals surface area contributed by atoms with Gasteiger partial charge in [0.1, 0.15) is 12.4 Å². The molecule has 0 saturated carbocycles. The molecule has 2 heterocycles. The second-order valence-electron chi connectivity index (χ2n) is 6.34. The molecule has 27 heavy (non-hydrogen) atoms. The fourth-order valence-electron chi connectivity index (χ4n) is 3.05. The highest BCUT2D eigenvalue weighted by molar-refractivity contribution is 9.10. The number of anilines is 1. The number of ether oxygens (including phenoxy) is 2. The van der Waals surface area contributed by atoms with E-state index < -0.39 is 0 Å². The fraction of sp³-hybridized carbons (Fsp3) is 0.421. The van der Waals surface area contributed by atoms with Gasteiger partial charge in [0, 0.05) is 18.7 Å². The van der Waals surface area contributed by atoms with Gasteiger partial charge in [-0.15, -0.1) is 0 Å². The number of hydrogen-bond acceptors (Lipinski definition) is 6. The molecule has 1 fully saturated rings. The van der Waals surface area contributed by atoms with Crippen LogP contribution in [0.15, 0.2) is 22.7 Å². The Balaban J connectivity index is 1.89. The summed E-state index contributed by atoms with van der Waals surface area (Å²) in [6.07, 6.45) is 2.24. The van der Waals surface area contributed by atoms with E-state index in [-0.39, 0.29) is 18.0 Å². The van der Waals surface area contributed by atoms with Crippen molar-refractivity contribution < 1.29 is 14.3 Å². The van der Waals surface area contributed by atoms with Gasteiger partial charge in [-0.1, -0.05) is 0 Å². The Morgan fingerprint density at radius 3 is 2.93 bits per heavy atom. The normalized spacial score (nSPS) is 16.3. The highest BCUT2D eigenvalue weighted by Crippen LogP contribution is 2.32. The standard InChI is InChI=1S/C19H23BrN4O3/c1-3-22-18(25)16-11(2)23-19(21)24-17(16)12-6-7-15(14(20)9-12)27-10-13-5-4-8-26-13/h6-7,9,13H,3-5,8,10H2,1-2H3,(H,22,25)(H2,21,23,24). The largest absolute Gasteiger partial charge is 0.490 e. The van der Waals surface area contributed by atoms with Crippen molar-refractivity contribution in [3.05, 3.63) is 33.9 Å². The summed E-state index contributed by atoms with van der Waals surface area (Å²) < 4.78 is 12.2. The smallest absolute Gasteiger partial charge is 0.255 e. The van der Waals surface area contributed by atoms with E-state index in [9.17, 15) is 4.79 Å². The third-order valence-corrected chi connectivity index (χ3v) is 4.95. The molecule has 7 nitrogen and oxygen atoms in total. The molecule has 1 aromatic carbocycles. The van der Waals surface area contributed by atoms with E-state index in [1.807, 2.05) is 25.1 Å². The maximum Gasteiger partial charge on any atom is 0.255 e. The number of nitrogens with two attached hydrogens (primary N) is 1. The number of nitrogens with one attached hydrogen (secondary N) is 1. The van der Waals surface area contributed by atoms with Crippen molar-refractivity contribution in [3.63, 3.8) is 0 Å². The third kappa shape index (κ3) is 4.56. The van der Waals surface area contributed by atoms with Crippen LogP contribution in [0.5, 0.6) is 5.75 Å². The van der Waals surface area contributed by atoms with Crippen LogP contribution < -0.4 is 15.8 Å². The molecule has 0 aliphatic carbocycles. The second kappa shape index (κ2) is 8.67. The molecule has 8 heteroatoms. The first-order chi connectivity index (χ1) is 13.0. The van der Waals surface area contributed by atoms with Gasteiger partial charge in [-0.3, -0.25) is 4.79 Å². The molecule has 0 spiro atoms. The number of carbonyl (C=O) groups excluding carboxylic acids is 1. The van der Waals surface area contributed by atoms with E-state index in [1.54, 1.807) is 6.92 Å².